The molecule has 1 saturated heterocycles. The van der Waals surface area contributed by atoms with Crippen LogP contribution in [0.1, 0.15) is 41.4 Å². The van der Waals surface area contributed by atoms with Crippen LogP contribution in [0, 0.1) is 12.7 Å². The molecule has 3 aromatic rings. The van der Waals surface area contributed by atoms with Gasteiger partial charge in [0.2, 0.25) is 0 Å². The molecule has 2 aromatic carbocycles. The number of carbonyl (C=O) groups is 1. The number of rotatable bonds is 3. The van der Waals surface area contributed by atoms with Gasteiger partial charge >= 0.3 is 5.97 Å². The number of esters is 1. The number of aromatic nitrogens is 2. The lowest BCUT2D eigenvalue weighted by Crippen LogP contribution is -2.18. The number of nitrogen functional groups attached to an aromatic ring is 1. The van der Waals surface area contributed by atoms with Crippen molar-refractivity contribution in [3.05, 3.63) is 46.4 Å². The third-order valence-electron chi connectivity index (χ3n) is 5.31. The number of carbonyl (C=O) groups excluding carboxylic acids is 1. The second-order valence-electron chi connectivity index (χ2n) is 7.11. The summed E-state index contributed by atoms with van der Waals surface area (Å²) in [7, 11) is 1.16. The Balaban J connectivity index is 1.91. The number of nitrogens with zero attached hydrogens (tertiary/aromatic N) is 2. The Morgan fingerprint density at radius 1 is 1.41 bits per heavy atom. The average Bonchev–Trinajstić information content (AvgIpc) is 3.15. The van der Waals surface area contributed by atoms with Crippen molar-refractivity contribution >= 4 is 34.2 Å². The Bertz CT molecular complexity index is 1110. The van der Waals surface area contributed by atoms with E-state index in [9.17, 15) is 9.18 Å². The van der Waals surface area contributed by atoms with E-state index in [2.05, 4.69) is 9.84 Å². The molecule has 152 valence electrons. The van der Waals surface area contributed by atoms with Crippen LogP contribution in [0.2, 0.25) is 5.02 Å². The van der Waals surface area contributed by atoms with Gasteiger partial charge in [-0.05, 0) is 49.4 Å². The van der Waals surface area contributed by atoms with Crippen LogP contribution in [-0.2, 0) is 9.47 Å². The van der Waals surface area contributed by atoms with Crippen LogP contribution < -0.4 is 5.73 Å². The number of nitrogens with two attached hydrogens (primary N) is 1. The van der Waals surface area contributed by atoms with E-state index < -0.39 is 11.8 Å². The fourth-order valence-corrected chi connectivity index (χ4v) is 4.11. The van der Waals surface area contributed by atoms with Gasteiger partial charge < -0.3 is 15.2 Å². The lowest BCUT2D eigenvalue weighted by molar-refractivity contribution is -0.0366. The molecule has 2 heterocycles. The topological polar surface area (TPSA) is 79.4 Å². The van der Waals surface area contributed by atoms with Crippen molar-refractivity contribution in [2.45, 2.75) is 32.4 Å². The zero-order chi connectivity index (χ0) is 20.7. The maximum atomic E-state index is 14.9. The zero-order valence-corrected chi connectivity index (χ0v) is 16.9. The molecule has 1 atom stereocenters. The van der Waals surface area contributed by atoms with Crippen LogP contribution in [-0.4, -0.2) is 29.5 Å². The molecule has 0 radical (unpaired) electrons. The summed E-state index contributed by atoms with van der Waals surface area (Å²) in [5.41, 5.74) is 8.45. The van der Waals surface area contributed by atoms with Gasteiger partial charge in [-0.25, -0.2) is 13.9 Å². The molecule has 1 aliphatic heterocycles. The predicted octanol–water partition coefficient (Wildman–Crippen LogP) is 4.87. The smallest absolute Gasteiger partial charge is 0.343 e. The molecule has 0 aliphatic carbocycles. The maximum absolute atomic E-state index is 14.9. The maximum Gasteiger partial charge on any atom is 0.343 e. The highest BCUT2D eigenvalue weighted by molar-refractivity contribution is 6.34. The number of fused-ring (bicyclic) bond motifs is 1. The molecule has 6 nitrogen and oxygen atoms in total. The Morgan fingerprint density at radius 2 is 2.21 bits per heavy atom. The number of hydrogen-bond acceptors (Lipinski definition) is 5. The molecule has 29 heavy (non-hydrogen) atoms. The van der Waals surface area contributed by atoms with Gasteiger partial charge in [-0.3, -0.25) is 0 Å². The van der Waals surface area contributed by atoms with E-state index in [4.69, 9.17) is 22.1 Å². The van der Waals surface area contributed by atoms with Gasteiger partial charge in [-0.1, -0.05) is 17.7 Å². The molecule has 0 spiro atoms. The van der Waals surface area contributed by atoms with Gasteiger partial charge in [0.25, 0.3) is 0 Å². The summed E-state index contributed by atoms with van der Waals surface area (Å²) >= 11 is 6.34. The Kier molecular flexibility index (Phi) is 5.19. The molecule has 1 unspecified atom stereocenters. The predicted molar refractivity (Wildman–Crippen MR) is 109 cm³/mol. The molecule has 1 aliphatic rings. The highest BCUT2D eigenvalue weighted by Crippen LogP contribution is 2.41. The van der Waals surface area contributed by atoms with Crippen LogP contribution in [0.25, 0.3) is 22.0 Å². The van der Waals surface area contributed by atoms with E-state index in [1.807, 2.05) is 23.7 Å². The van der Waals surface area contributed by atoms with Gasteiger partial charge in [0, 0.05) is 23.2 Å². The van der Waals surface area contributed by atoms with E-state index in [1.165, 1.54) is 6.07 Å². The van der Waals surface area contributed by atoms with E-state index in [0.717, 1.165) is 48.4 Å². The SMILES string of the molecule is COC(=O)c1c(N)cc(-c2c(C)ccc3c2cnn3C2CCCCO2)c(Cl)c1F. The molecule has 0 amide bonds. The molecule has 1 aromatic heterocycles. The summed E-state index contributed by atoms with van der Waals surface area (Å²) in [5.74, 6) is -1.77. The minimum Gasteiger partial charge on any atom is -0.465 e. The van der Waals surface area contributed by atoms with Crippen molar-refractivity contribution in [3.8, 4) is 11.1 Å². The number of ether oxygens (including phenoxy) is 2. The van der Waals surface area contributed by atoms with Crippen molar-refractivity contribution in [1.82, 2.24) is 9.78 Å². The van der Waals surface area contributed by atoms with E-state index in [0.29, 0.717) is 12.2 Å². The number of hydrogen-bond donors (Lipinski definition) is 1. The zero-order valence-electron chi connectivity index (χ0n) is 16.2. The van der Waals surface area contributed by atoms with Crippen molar-refractivity contribution in [3.63, 3.8) is 0 Å². The third-order valence-corrected chi connectivity index (χ3v) is 5.68. The number of halogens is 2. The van der Waals surface area contributed by atoms with Crippen molar-refractivity contribution < 1.29 is 18.7 Å². The van der Waals surface area contributed by atoms with Crippen LogP contribution >= 0.6 is 11.6 Å². The fourth-order valence-electron chi connectivity index (χ4n) is 3.87. The number of benzene rings is 2. The number of aryl methyl sites for hydroxylation is 1. The number of anilines is 1. The Morgan fingerprint density at radius 3 is 2.90 bits per heavy atom. The second kappa shape index (κ2) is 7.65. The highest BCUT2D eigenvalue weighted by Gasteiger charge is 2.25. The van der Waals surface area contributed by atoms with Gasteiger partial charge in [0.1, 0.15) is 5.56 Å². The normalized spacial score (nSPS) is 16.9. The standard InChI is InChI=1S/C21H21ClFN3O3/c1-11-6-7-15-13(10-25-26(15)16-5-3-4-8-29-16)17(11)12-9-14(24)18(21(27)28-2)20(23)19(12)22/h6-7,9-10,16H,3-5,8,24H2,1-2H3. The van der Waals surface area contributed by atoms with Crippen LogP contribution in [0.15, 0.2) is 24.4 Å². The molecule has 4 rings (SSSR count). The molecule has 2 N–H and O–H groups in total. The van der Waals surface area contributed by atoms with Crippen LogP contribution in [0.3, 0.4) is 0 Å². The average molecular weight is 418 g/mol. The summed E-state index contributed by atoms with van der Waals surface area (Å²) in [4.78, 5) is 11.9. The quantitative estimate of drug-likeness (QED) is 0.485. The van der Waals surface area contributed by atoms with Crippen molar-refractivity contribution in [1.29, 1.82) is 0 Å². The first kappa shape index (κ1) is 19.7. The van der Waals surface area contributed by atoms with E-state index in [-0.39, 0.29) is 22.5 Å². The summed E-state index contributed by atoms with van der Waals surface area (Å²) in [6.07, 6.45) is 4.61. The van der Waals surface area contributed by atoms with Crippen molar-refractivity contribution in [2.24, 2.45) is 0 Å². The summed E-state index contributed by atoms with van der Waals surface area (Å²) in [6.45, 7) is 2.61. The van der Waals surface area contributed by atoms with E-state index in [1.54, 1.807) is 6.20 Å². The Hall–Kier alpha value is -2.64. The molecule has 1 fully saturated rings. The second-order valence-corrected chi connectivity index (χ2v) is 7.49. The van der Waals surface area contributed by atoms with Gasteiger partial charge in [0.05, 0.1) is 23.8 Å². The first-order valence-electron chi connectivity index (χ1n) is 9.38. The molecule has 0 bridgehead atoms. The lowest BCUT2D eigenvalue weighted by atomic mass is 9.95. The minimum absolute atomic E-state index is 0.0341. The largest absolute Gasteiger partial charge is 0.465 e. The molecular formula is C21H21ClFN3O3. The monoisotopic (exact) mass is 417 g/mol. The van der Waals surface area contributed by atoms with Gasteiger partial charge in [-0.15, -0.1) is 0 Å². The summed E-state index contributed by atoms with van der Waals surface area (Å²) in [6, 6.07) is 5.40. The van der Waals surface area contributed by atoms with Crippen LogP contribution in [0.5, 0.6) is 0 Å². The Labute approximate surface area is 172 Å². The first-order chi connectivity index (χ1) is 13.9. The molecule has 0 saturated carbocycles. The number of methoxy groups -OCH3 is 1. The minimum atomic E-state index is -0.895. The summed E-state index contributed by atoms with van der Waals surface area (Å²) < 4.78 is 27.3. The molecular weight excluding hydrogens is 397 g/mol. The van der Waals surface area contributed by atoms with Gasteiger partial charge in [-0.2, -0.15) is 5.10 Å². The first-order valence-corrected chi connectivity index (χ1v) is 9.76. The highest BCUT2D eigenvalue weighted by atomic mass is 35.5. The molecule has 8 heteroatoms. The summed E-state index contributed by atoms with van der Waals surface area (Å²) in [5, 5.41) is 5.16. The van der Waals surface area contributed by atoms with Gasteiger partial charge in [0.15, 0.2) is 12.0 Å². The lowest BCUT2D eigenvalue weighted by Gasteiger charge is -2.23. The van der Waals surface area contributed by atoms with E-state index >= 15 is 0 Å². The van der Waals surface area contributed by atoms with Crippen LogP contribution in [0.4, 0.5) is 10.1 Å². The third kappa shape index (κ3) is 3.24. The van der Waals surface area contributed by atoms with Crippen molar-refractivity contribution in [2.75, 3.05) is 19.5 Å². The fraction of sp³-hybridized carbons (Fsp3) is 0.333.